The van der Waals surface area contributed by atoms with Crippen molar-refractivity contribution in [2.75, 3.05) is 5.32 Å². The van der Waals surface area contributed by atoms with E-state index in [1.807, 2.05) is 37.3 Å². The first-order valence-corrected chi connectivity index (χ1v) is 8.51. The van der Waals surface area contributed by atoms with Crippen LogP contribution in [0.2, 0.25) is 4.47 Å². The highest BCUT2D eigenvalue weighted by atomic mass is 35.5. The second kappa shape index (κ2) is 7.47. The zero-order valence-electron chi connectivity index (χ0n) is 13.0. The van der Waals surface area contributed by atoms with Gasteiger partial charge in [0.1, 0.15) is 12.4 Å². The van der Waals surface area contributed by atoms with Gasteiger partial charge in [-0.3, -0.25) is 4.79 Å². The highest BCUT2D eigenvalue weighted by molar-refractivity contribution is 7.15. The molecule has 4 nitrogen and oxygen atoms in total. The van der Waals surface area contributed by atoms with Crippen LogP contribution < -0.4 is 10.1 Å². The van der Waals surface area contributed by atoms with Crippen LogP contribution in [0.1, 0.15) is 20.8 Å². The summed E-state index contributed by atoms with van der Waals surface area (Å²) in [4.78, 5) is 17.2. The average Bonchev–Trinajstić information content (AvgIpc) is 3.01. The molecule has 0 spiro atoms. The molecule has 0 aliphatic heterocycles. The summed E-state index contributed by atoms with van der Waals surface area (Å²) < 4.78 is 6.18. The summed E-state index contributed by atoms with van der Waals surface area (Å²) >= 11 is 7.17. The van der Waals surface area contributed by atoms with Crippen LogP contribution >= 0.6 is 22.9 Å². The van der Waals surface area contributed by atoms with Gasteiger partial charge in [-0.15, -0.1) is 11.3 Å². The average molecular weight is 359 g/mol. The number of aryl methyl sites for hydroxylation is 1. The molecule has 1 aromatic heterocycles. The van der Waals surface area contributed by atoms with Crippen molar-refractivity contribution in [3.63, 3.8) is 0 Å². The summed E-state index contributed by atoms with van der Waals surface area (Å²) in [6.07, 6.45) is 1.68. The monoisotopic (exact) mass is 358 g/mol. The van der Waals surface area contributed by atoms with Gasteiger partial charge >= 0.3 is 0 Å². The maximum Gasteiger partial charge on any atom is 0.255 e. The minimum absolute atomic E-state index is 0.176. The minimum atomic E-state index is -0.176. The summed E-state index contributed by atoms with van der Waals surface area (Å²) in [5.41, 5.74) is 2.44. The quantitative estimate of drug-likeness (QED) is 0.703. The van der Waals surface area contributed by atoms with E-state index in [2.05, 4.69) is 10.3 Å². The van der Waals surface area contributed by atoms with E-state index >= 15 is 0 Å². The van der Waals surface area contributed by atoms with Crippen molar-refractivity contribution in [3.8, 4) is 5.75 Å². The van der Waals surface area contributed by atoms with Crippen LogP contribution in [-0.4, -0.2) is 10.9 Å². The Morgan fingerprint density at radius 3 is 2.75 bits per heavy atom. The van der Waals surface area contributed by atoms with E-state index in [0.717, 1.165) is 16.1 Å². The maximum atomic E-state index is 12.3. The molecule has 0 radical (unpaired) electrons. The van der Waals surface area contributed by atoms with Crippen molar-refractivity contribution in [1.82, 2.24) is 4.98 Å². The van der Waals surface area contributed by atoms with Gasteiger partial charge in [0.2, 0.25) is 0 Å². The van der Waals surface area contributed by atoms with Crippen LogP contribution in [0, 0.1) is 6.92 Å². The highest BCUT2D eigenvalue weighted by Crippen LogP contribution is 2.21. The molecule has 1 amide bonds. The number of anilines is 1. The Labute approximate surface area is 149 Å². The molecule has 24 heavy (non-hydrogen) atoms. The molecule has 0 atom stereocenters. The fraction of sp³-hybridized carbons (Fsp3) is 0.111. The van der Waals surface area contributed by atoms with Crippen LogP contribution in [0.15, 0.2) is 54.7 Å². The number of rotatable bonds is 5. The Morgan fingerprint density at radius 2 is 2.04 bits per heavy atom. The second-order valence-corrected chi connectivity index (χ2v) is 6.91. The van der Waals surface area contributed by atoms with Crippen molar-refractivity contribution in [1.29, 1.82) is 0 Å². The van der Waals surface area contributed by atoms with E-state index in [4.69, 9.17) is 16.3 Å². The summed E-state index contributed by atoms with van der Waals surface area (Å²) in [6.45, 7) is 2.37. The predicted molar refractivity (Wildman–Crippen MR) is 97.0 cm³/mol. The molecule has 0 unspecified atom stereocenters. The SMILES string of the molecule is Cc1ccc(NC(=O)c2cccc(OCc3cnc(Cl)s3)c2)cc1. The predicted octanol–water partition coefficient (Wildman–Crippen LogP) is 4.94. The Hall–Kier alpha value is -2.37. The number of hydrogen-bond donors (Lipinski definition) is 1. The third-order valence-corrected chi connectivity index (χ3v) is 4.40. The van der Waals surface area contributed by atoms with E-state index in [0.29, 0.717) is 22.4 Å². The first-order chi connectivity index (χ1) is 11.6. The fourth-order valence-electron chi connectivity index (χ4n) is 2.07. The standard InChI is InChI=1S/C18H15ClN2O2S/c1-12-5-7-14(8-6-12)21-17(22)13-3-2-4-15(9-13)23-11-16-10-20-18(19)24-16/h2-10H,11H2,1H3,(H,21,22). The fourth-order valence-corrected chi connectivity index (χ4v) is 2.96. The lowest BCUT2D eigenvalue weighted by Gasteiger charge is -2.08. The number of nitrogens with one attached hydrogen (secondary N) is 1. The molecule has 0 saturated carbocycles. The molecule has 0 aliphatic carbocycles. The van der Waals surface area contributed by atoms with Crippen LogP contribution in [0.3, 0.4) is 0 Å². The number of benzene rings is 2. The van der Waals surface area contributed by atoms with Gasteiger partial charge in [0, 0.05) is 17.4 Å². The van der Waals surface area contributed by atoms with Gasteiger partial charge in [-0.2, -0.15) is 0 Å². The summed E-state index contributed by atoms with van der Waals surface area (Å²) in [6, 6.07) is 14.7. The Morgan fingerprint density at radius 1 is 1.25 bits per heavy atom. The van der Waals surface area contributed by atoms with E-state index < -0.39 is 0 Å². The number of halogens is 1. The van der Waals surface area contributed by atoms with E-state index in [-0.39, 0.29) is 5.91 Å². The first-order valence-electron chi connectivity index (χ1n) is 7.31. The second-order valence-electron chi connectivity index (χ2n) is 5.22. The van der Waals surface area contributed by atoms with Crippen molar-refractivity contribution >= 4 is 34.5 Å². The number of hydrogen-bond acceptors (Lipinski definition) is 4. The number of thiazole rings is 1. The third kappa shape index (κ3) is 4.34. The van der Waals surface area contributed by atoms with Crippen molar-refractivity contribution < 1.29 is 9.53 Å². The zero-order chi connectivity index (χ0) is 16.9. The van der Waals surface area contributed by atoms with Crippen LogP contribution in [0.4, 0.5) is 5.69 Å². The largest absolute Gasteiger partial charge is 0.488 e. The lowest BCUT2D eigenvalue weighted by molar-refractivity contribution is 0.102. The molecular formula is C18H15ClN2O2S. The summed E-state index contributed by atoms with van der Waals surface area (Å²) in [7, 11) is 0. The molecule has 1 N–H and O–H groups in total. The maximum absolute atomic E-state index is 12.3. The minimum Gasteiger partial charge on any atom is -0.488 e. The molecule has 3 rings (SSSR count). The molecule has 0 aliphatic rings. The number of carbonyl (C=O) groups excluding carboxylic acids is 1. The van der Waals surface area contributed by atoms with Crippen LogP contribution in [-0.2, 0) is 6.61 Å². The van der Waals surface area contributed by atoms with Gasteiger partial charge < -0.3 is 10.1 Å². The Balaban J connectivity index is 1.65. The molecule has 0 bridgehead atoms. The van der Waals surface area contributed by atoms with Gasteiger partial charge in [0.05, 0.1) is 4.88 Å². The highest BCUT2D eigenvalue weighted by Gasteiger charge is 2.08. The molecule has 0 saturated heterocycles. The number of amides is 1. The van der Waals surface area contributed by atoms with E-state index in [9.17, 15) is 4.79 Å². The molecule has 1 heterocycles. The van der Waals surface area contributed by atoms with Gasteiger partial charge in [0.25, 0.3) is 5.91 Å². The Bertz CT molecular complexity index is 846. The zero-order valence-corrected chi connectivity index (χ0v) is 14.5. The third-order valence-electron chi connectivity index (χ3n) is 3.31. The van der Waals surface area contributed by atoms with E-state index in [1.54, 1.807) is 24.4 Å². The van der Waals surface area contributed by atoms with Gasteiger partial charge in [0.15, 0.2) is 4.47 Å². The van der Waals surface area contributed by atoms with Gasteiger partial charge in [-0.1, -0.05) is 35.4 Å². The van der Waals surface area contributed by atoms with Gasteiger partial charge in [-0.05, 0) is 37.3 Å². The summed E-state index contributed by atoms with van der Waals surface area (Å²) in [5, 5.41) is 2.87. The van der Waals surface area contributed by atoms with Crippen LogP contribution in [0.5, 0.6) is 5.75 Å². The lowest BCUT2D eigenvalue weighted by Crippen LogP contribution is -2.11. The molecule has 6 heteroatoms. The lowest BCUT2D eigenvalue weighted by atomic mass is 10.2. The van der Waals surface area contributed by atoms with Crippen molar-refractivity contribution in [2.24, 2.45) is 0 Å². The molecule has 3 aromatic rings. The van der Waals surface area contributed by atoms with E-state index in [1.165, 1.54) is 11.3 Å². The molecule has 0 fully saturated rings. The first kappa shape index (κ1) is 16.5. The Kier molecular flexibility index (Phi) is 5.13. The van der Waals surface area contributed by atoms with Crippen LogP contribution in [0.25, 0.3) is 0 Å². The number of aromatic nitrogens is 1. The van der Waals surface area contributed by atoms with Crippen molar-refractivity contribution in [2.45, 2.75) is 13.5 Å². The smallest absolute Gasteiger partial charge is 0.255 e. The topological polar surface area (TPSA) is 51.2 Å². The van der Waals surface area contributed by atoms with Crippen molar-refractivity contribution in [3.05, 3.63) is 75.2 Å². The number of nitrogens with zero attached hydrogens (tertiary/aromatic N) is 1. The normalized spacial score (nSPS) is 10.4. The number of carbonyl (C=O) groups is 1. The molecule has 122 valence electrons. The summed E-state index contributed by atoms with van der Waals surface area (Å²) in [5.74, 6) is 0.446. The molecular weight excluding hydrogens is 344 g/mol. The molecule has 2 aromatic carbocycles. The number of ether oxygens (including phenoxy) is 1. The van der Waals surface area contributed by atoms with Gasteiger partial charge in [-0.25, -0.2) is 4.98 Å².